The zero-order valence-electron chi connectivity index (χ0n) is 18.3. The predicted molar refractivity (Wildman–Crippen MR) is 120 cm³/mol. The second-order valence-corrected chi connectivity index (χ2v) is 8.61. The summed E-state index contributed by atoms with van der Waals surface area (Å²) in [5, 5.41) is 9.23. The van der Waals surface area contributed by atoms with Gasteiger partial charge in [0, 0.05) is 6.42 Å². The first-order valence-corrected chi connectivity index (χ1v) is 11.9. The van der Waals surface area contributed by atoms with Crippen molar-refractivity contribution in [3.05, 3.63) is 36.4 Å². The van der Waals surface area contributed by atoms with Gasteiger partial charge in [-0.2, -0.15) is 0 Å². The van der Waals surface area contributed by atoms with Crippen molar-refractivity contribution in [2.45, 2.75) is 96.8 Å². The van der Waals surface area contributed by atoms with Crippen LogP contribution in [-0.2, 0) is 4.79 Å². The van der Waals surface area contributed by atoms with Crippen molar-refractivity contribution in [2.24, 2.45) is 11.8 Å². The van der Waals surface area contributed by atoms with Gasteiger partial charge in [0.2, 0.25) is 0 Å². The van der Waals surface area contributed by atoms with Gasteiger partial charge in [0.05, 0.1) is 0 Å². The second-order valence-electron chi connectivity index (χ2n) is 8.61. The van der Waals surface area contributed by atoms with Gasteiger partial charge >= 0.3 is 5.97 Å². The number of carbonyl (C=O) groups is 1. The van der Waals surface area contributed by atoms with E-state index < -0.39 is 0 Å². The van der Waals surface area contributed by atoms with E-state index in [-0.39, 0.29) is 11.7 Å². The first-order valence-electron chi connectivity index (χ1n) is 11.9. The summed E-state index contributed by atoms with van der Waals surface area (Å²) < 4.78 is 5.26. The van der Waals surface area contributed by atoms with Crippen LogP contribution in [0.2, 0.25) is 0 Å². The number of allylic oxidation sites excluding steroid dienone is 2. The van der Waals surface area contributed by atoms with E-state index in [4.69, 9.17) is 4.74 Å². The van der Waals surface area contributed by atoms with Crippen molar-refractivity contribution in [2.75, 3.05) is 0 Å². The molecule has 3 nitrogen and oxygen atoms in total. The molecular formula is C26H40O3. The van der Waals surface area contributed by atoms with Crippen LogP contribution >= 0.6 is 0 Å². The van der Waals surface area contributed by atoms with Gasteiger partial charge in [-0.05, 0) is 68.2 Å². The Morgan fingerprint density at radius 1 is 0.862 bits per heavy atom. The van der Waals surface area contributed by atoms with Crippen LogP contribution < -0.4 is 4.74 Å². The predicted octanol–water partition coefficient (Wildman–Crippen LogP) is 7.58. The van der Waals surface area contributed by atoms with Gasteiger partial charge in [-0.15, -0.1) is 0 Å². The Balaban J connectivity index is 1.44. The molecule has 0 bridgehead atoms. The summed E-state index contributed by atoms with van der Waals surface area (Å²) in [6, 6.07) is 6.28. The standard InChI is InChI=1S/C26H40O3/c1-2-3-4-8-11-22-14-16-23(17-15-22)12-9-6-5-7-10-13-26(28)29-25-20-18-24(27)19-21-25/h14,16,18-23,27H,2-13,15,17H2,1H3/t22?,23-/m0/s1. The van der Waals surface area contributed by atoms with E-state index >= 15 is 0 Å². The number of hydrogen-bond acceptors (Lipinski definition) is 3. The fourth-order valence-corrected chi connectivity index (χ4v) is 4.15. The lowest BCUT2D eigenvalue weighted by molar-refractivity contribution is -0.134. The molecule has 1 aliphatic rings. The Morgan fingerprint density at radius 3 is 2.00 bits per heavy atom. The zero-order chi connectivity index (χ0) is 20.7. The van der Waals surface area contributed by atoms with E-state index in [0.29, 0.717) is 12.2 Å². The van der Waals surface area contributed by atoms with Crippen molar-refractivity contribution in [3.63, 3.8) is 0 Å². The second kappa shape index (κ2) is 14.3. The molecule has 1 aromatic rings. The van der Waals surface area contributed by atoms with Gasteiger partial charge in [0.1, 0.15) is 11.5 Å². The molecule has 0 aromatic heterocycles. The molecule has 0 saturated heterocycles. The first-order chi connectivity index (χ1) is 14.2. The molecule has 1 N–H and O–H groups in total. The average Bonchev–Trinajstić information content (AvgIpc) is 2.73. The maximum atomic E-state index is 11.8. The minimum atomic E-state index is -0.188. The van der Waals surface area contributed by atoms with Crippen LogP contribution in [0.25, 0.3) is 0 Å². The number of benzene rings is 1. The molecular weight excluding hydrogens is 360 g/mol. The van der Waals surface area contributed by atoms with Crippen LogP contribution in [0, 0.1) is 11.8 Å². The normalized spacial score (nSPS) is 18.7. The number of ether oxygens (including phenoxy) is 1. The van der Waals surface area contributed by atoms with Gasteiger partial charge in [0.15, 0.2) is 0 Å². The van der Waals surface area contributed by atoms with Crippen molar-refractivity contribution in [3.8, 4) is 11.5 Å². The number of hydrogen-bond donors (Lipinski definition) is 1. The van der Waals surface area contributed by atoms with Crippen LogP contribution in [0.5, 0.6) is 11.5 Å². The van der Waals surface area contributed by atoms with E-state index in [1.54, 1.807) is 12.1 Å². The highest BCUT2D eigenvalue weighted by atomic mass is 16.5. The van der Waals surface area contributed by atoms with E-state index in [9.17, 15) is 9.90 Å². The maximum absolute atomic E-state index is 11.8. The molecule has 0 fully saturated rings. The summed E-state index contributed by atoms with van der Waals surface area (Å²) in [4.78, 5) is 11.8. The number of rotatable bonds is 14. The van der Waals surface area contributed by atoms with E-state index in [0.717, 1.165) is 24.7 Å². The topological polar surface area (TPSA) is 46.5 Å². The molecule has 2 rings (SSSR count). The minimum Gasteiger partial charge on any atom is -0.508 e. The van der Waals surface area contributed by atoms with E-state index in [1.165, 1.54) is 82.8 Å². The third-order valence-electron chi connectivity index (χ3n) is 6.02. The third-order valence-corrected chi connectivity index (χ3v) is 6.02. The fourth-order valence-electron chi connectivity index (χ4n) is 4.15. The first kappa shape index (κ1) is 23.5. The van der Waals surface area contributed by atoms with Crippen molar-refractivity contribution in [1.82, 2.24) is 0 Å². The summed E-state index contributed by atoms with van der Waals surface area (Å²) in [5.41, 5.74) is 0. The van der Waals surface area contributed by atoms with Gasteiger partial charge in [-0.3, -0.25) is 4.79 Å². The van der Waals surface area contributed by atoms with Crippen LogP contribution in [0.3, 0.4) is 0 Å². The summed E-state index contributed by atoms with van der Waals surface area (Å²) in [7, 11) is 0. The molecule has 1 aromatic carbocycles. The number of carbonyl (C=O) groups excluding carboxylic acids is 1. The van der Waals surface area contributed by atoms with Gasteiger partial charge in [-0.1, -0.05) is 70.4 Å². The lowest BCUT2D eigenvalue weighted by Gasteiger charge is -2.22. The Bertz CT molecular complexity index is 590. The van der Waals surface area contributed by atoms with Crippen molar-refractivity contribution < 1.29 is 14.6 Å². The smallest absolute Gasteiger partial charge is 0.311 e. The van der Waals surface area contributed by atoms with Gasteiger partial charge < -0.3 is 9.84 Å². The molecule has 1 aliphatic carbocycles. The number of phenolic OH excluding ortho intramolecular Hbond substituents is 1. The van der Waals surface area contributed by atoms with E-state index in [2.05, 4.69) is 19.1 Å². The van der Waals surface area contributed by atoms with E-state index in [1.807, 2.05) is 0 Å². The molecule has 0 amide bonds. The molecule has 0 saturated carbocycles. The third kappa shape index (κ3) is 10.5. The molecule has 3 heteroatoms. The Morgan fingerprint density at radius 2 is 1.41 bits per heavy atom. The summed E-state index contributed by atoms with van der Waals surface area (Å²) in [6.45, 7) is 2.28. The molecule has 0 heterocycles. The van der Waals surface area contributed by atoms with Crippen LogP contribution in [0.4, 0.5) is 0 Å². The largest absolute Gasteiger partial charge is 0.508 e. The number of phenols is 1. The number of esters is 1. The van der Waals surface area contributed by atoms with Gasteiger partial charge in [-0.25, -0.2) is 0 Å². The fraction of sp³-hybridized carbons (Fsp3) is 0.654. The number of aromatic hydroxyl groups is 1. The Labute approximate surface area is 177 Å². The molecule has 162 valence electrons. The Kier molecular flexibility index (Phi) is 11.6. The minimum absolute atomic E-state index is 0.177. The summed E-state index contributed by atoms with van der Waals surface area (Å²) in [5.74, 6) is 2.12. The summed E-state index contributed by atoms with van der Waals surface area (Å²) >= 11 is 0. The molecule has 0 spiro atoms. The zero-order valence-corrected chi connectivity index (χ0v) is 18.3. The molecule has 29 heavy (non-hydrogen) atoms. The number of unbranched alkanes of at least 4 members (excludes halogenated alkanes) is 7. The van der Waals surface area contributed by atoms with Crippen molar-refractivity contribution >= 4 is 5.97 Å². The highest BCUT2D eigenvalue weighted by Gasteiger charge is 2.15. The van der Waals surface area contributed by atoms with Crippen LogP contribution in [0.15, 0.2) is 36.4 Å². The lowest BCUT2D eigenvalue weighted by Crippen LogP contribution is -2.09. The van der Waals surface area contributed by atoms with Crippen molar-refractivity contribution in [1.29, 1.82) is 0 Å². The highest BCUT2D eigenvalue weighted by Crippen LogP contribution is 2.29. The summed E-state index contributed by atoms with van der Waals surface area (Å²) in [6.07, 6.45) is 22.2. The molecule has 1 unspecified atom stereocenters. The Hall–Kier alpha value is -1.77. The monoisotopic (exact) mass is 400 g/mol. The molecule has 0 radical (unpaired) electrons. The molecule has 2 atom stereocenters. The SMILES string of the molecule is CCCCCCC1C=C[C@H](CCCCCCCC(=O)Oc2ccc(O)cc2)CC1. The quantitative estimate of drug-likeness (QED) is 0.151. The lowest BCUT2D eigenvalue weighted by atomic mass is 9.83. The molecule has 0 aliphatic heterocycles. The highest BCUT2D eigenvalue weighted by molar-refractivity contribution is 5.72. The maximum Gasteiger partial charge on any atom is 0.311 e. The van der Waals surface area contributed by atoms with Crippen LogP contribution in [0.1, 0.15) is 96.8 Å². The van der Waals surface area contributed by atoms with Crippen LogP contribution in [-0.4, -0.2) is 11.1 Å². The van der Waals surface area contributed by atoms with Gasteiger partial charge in [0.25, 0.3) is 0 Å². The average molecular weight is 401 g/mol.